The van der Waals surface area contributed by atoms with Crippen LogP contribution in [-0.2, 0) is 11.3 Å². The molecule has 1 spiro atoms. The summed E-state index contributed by atoms with van der Waals surface area (Å²) in [4.78, 5) is 25.9. The molecule has 2 saturated heterocycles. The molecule has 0 bridgehead atoms. The van der Waals surface area contributed by atoms with Gasteiger partial charge in [-0.05, 0) is 32.4 Å². The summed E-state index contributed by atoms with van der Waals surface area (Å²) in [5, 5.41) is 0. The second-order valence-electron chi connectivity index (χ2n) is 6.94. The molecule has 0 saturated carbocycles. The highest BCUT2D eigenvalue weighted by molar-refractivity contribution is 8.01. The molecule has 1 amide bonds. The molecule has 132 valence electrons. The predicted octanol–water partition coefficient (Wildman–Crippen LogP) is 2.34. The van der Waals surface area contributed by atoms with Crippen LogP contribution in [0.3, 0.4) is 0 Å². The number of hydrogen-bond donors (Lipinski definition) is 1. The summed E-state index contributed by atoms with van der Waals surface area (Å²) in [5.74, 6) is 1.01. The average Bonchev–Trinajstić information content (AvgIpc) is 3.17. The van der Waals surface area contributed by atoms with Crippen LogP contribution in [0.1, 0.15) is 34.0 Å². The number of nitrogens with zero attached hydrogens (tertiary/aromatic N) is 3. The number of aromatic nitrogens is 3. The van der Waals surface area contributed by atoms with Gasteiger partial charge in [0, 0.05) is 30.2 Å². The lowest BCUT2D eigenvalue weighted by Crippen LogP contribution is -2.60. The zero-order valence-corrected chi connectivity index (χ0v) is 15.3. The molecule has 25 heavy (non-hydrogen) atoms. The van der Waals surface area contributed by atoms with Gasteiger partial charge >= 0.3 is 0 Å². The van der Waals surface area contributed by atoms with Crippen molar-refractivity contribution in [2.45, 2.75) is 37.7 Å². The van der Waals surface area contributed by atoms with E-state index >= 15 is 0 Å². The topological polar surface area (TPSA) is 71.1 Å². The van der Waals surface area contributed by atoms with Crippen molar-refractivity contribution in [3.63, 3.8) is 0 Å². The maximum atomic E-state index is 12.5. The van der Waals surface area contributed by atoms with Crippen molar-refractivity contribution in [3.05, 3.63) is 47.3 Å². The molecule has 2 aromatic heterocycles. The number of amides is 1. The number of thioether (sulfide) groups is 1. The molecule has 2 fully saturated rings. The number of rotatable bonds is 4. The van der Waals surface area contributed by atoms with E-state index in [1.165, 1.54) is 0 Å². The molecule has 0 aliphatic carbocycles. The Hall–Kier alpha value is -1.86. The number of aromatic amines is 1. The highest BCUT2D eigenvalue weighted by atomic mass is 32.2. The SMILES string of the molecule is Cc1cccc(COC2CSC3(C2)CN(C(=O)c2nc[nH]c2C)C3)n1. The van der Waals surface area contributed by atoms with Crippen molar-refractivity contribution < 1.29 is 9.53 Å². The van der Waals surface area contributed by atoms with Gasteiger partial charge in [0.25, 0.3) is 5.91 Å². The monoisotopic (exact) mass is 358 g/mol. The molecule has 1 N–H and O–H groups in total. The van der Waals surface area contributed by atoms with E-state index in [9.17, 15) is 4.79 Å². The highest BCUT2D eigenvalue weighted by Gasteiger charge is 2.51. The Morgan fingerprint density at radius 1 is 1.44 bits per heavy atom. The van der Waals surface area contributed by atoms with Gasteiger partial charge in [-0.15, -0.1) is 11.8 Å². The lowest BCUT2D eigenvalue weighted by Gasteiger charge is -2.47. The van der Waals surface area contributed by atoms with Crippen LogP contribution in [0.2, 0.25) is 0 Å². The molecule has 6 nitrogen and oxygen atoms in total. The lowest BCUT2D eigenvalue weighted by molar-refractivity contribution is 0.0242. The third-order valence-corrected chi connectivity index (χ3v) is 6.44. The highest BCUT2D eigenvalue weighted by Crippen LogP contribution is 2.46. The first-order chi connectivity index (χ1) is 12.0. The summed E-state index contributed by atoms with van der Waals surface area (Å²) in [6, 6.07) is 6.00. The number of likely N-dealkylation sites (tertiary alicyclic amines) is 1. The molecule has 2 aliphatic heterocycles. The van der Waals surface area contributed by atoms with Gasteiger partial charge in [0.15, 0.2) is 0 Å². The number of carbonyl (C=O) groups excluding carboxylic acids is 1. The predicted molar refractivity (Wildman–Crippen MR) is 96.6 cm³/mol. The number of ether oxygens (including phenoxy) is 1. The van der Waals surface area contributed by atoms with E-state index in [0.717, 1.165) is 42.3 Å². The summed E-state index contributed by atoms with van der Waals surface area (Å²) >= 11 is 1.93. The molecule has 7 heteroatoms. The molecular weight excluding hydrogens is 336 g/mol. The van der Waals surface area contributed by atoms with E-state index in [-0.39, 0.29) is 16.8 Å². The first-order valence-electron chi connectivity index (χ1n) is 8.52. The van der Waals surface area contributed by atoms with E-state index in [4.69, 9.17) is 4.74 Å². The van der Waals surface area contributed by atoms with Crippen molar-refractivity contribution in [1.29, 1.82) is 0 Å². The number of H-pyrrole nitrogens is 1. The zero-order valence-electron chi connectivity index (χ0n) is 14.5. The van der Waals surface area contributed by atoms with Gasteiger partial charge in [-0.2, -0.15) is 0 Å². The molecule has 2 aromatic rings. The largest absolute Gasteiger partial charge is 0.371 e. The maximum absolute atomic E-state index is 12.5. The zero-order chi connectivity index (χ0) is 17.4. The summed E-state index contributed by atoms with van der Waals surface area (Å²) in [5.41, 5.74) is 3.36. The van der Waals surface area contributed by atoms with Crippen LogP contribution in [0.15, 0.2) is 24.5 Å². The van der Waals surface area contributed by atoms with Crippen LogP contribution >= 0.6 is 11.8 Å². The van der Waals surface area contributed by atoms with Crippen LogP contribution in [0.4, 0.5) is 0 Å². The van der Waals surface area contributed by atoms with E-state index in [2.05, 4.69) is 15.0 Å². The van der Waals surface area contributed by atoms with Crippen LogP contribution < -0.4 is 0 Å². The number of hydrogen-bond acceptors (Lipinski definition) is 5. The van der Waals surface area contributed by atoms with Gasteiger partial charge in [0.1, 0.15) is 5.69 Å². The Morgan fingerprint density at radius 2 is 2.28 bits per heavy atom. The minimum absolute atomic E-state index is 0.0262. The minimum atomic E-state index is 0.0262. The fourth-order valence-corrected chi connectivity index (χ4v) is 5.08. The van der Waals surface area contributed by atoms with Gasteiger partial charge in [0.2, 0.25) is 0 Å². The molecule has 4 heterocycles. The van der Waals surface area contributed by atoms with Gasteiger partial charge in [0.05, 0.1) is 29.5 Å². The number of carbonyl (C=O) groups is 1. The normalized spacial score (nSPS) is 21.5. The Morgan fingerprint density at radius 3 is 3.00 bits per heavy atom. The summed E-state index contributed by atoms with van der Waals surface area (Å²) in [6.07, 6.45) is 2.80. The lowest BCUT2D eigenvalue weighted by atomic mass is 9.92. The number of nitrogens with one attached hydrogen (secondary N) is 1. The second kappa shape index (κ2) is 6.46. The van der Waals surface area contributed by atoms with E-state index in [0.29, 0.717) is 12.3 Å². The van der Waals surface area contributed by atoms with Gasteiger partial charge in [-0.25, -0.2) is 4.98 Å². The van der Waals surface area contributed by atoms with Crippen LogP contribution in [0.5, 0.6) is 0 Å². The first kappa shape index (κ1) is 16.6. The molecule has 2 aliphatic rings. The molecular formula is C18H22N4O2S. The third-order valence-electron chi connectivity index (χ3n) is 4.87. The Balaban J connectivity index is 1.29. The molecule has 4 rings (SSSR count). The third kappa shape index (κ3) is 3.30. The fourth-order valence-electron chi connectivity index (χ4n) is 3.53. The minimum Gasteiger partial charge on any atom is -0.371 e. The summed E-state index contributed by atoms with van der Waals surface area (Å²) < 4.78 is 6.22. The quantitative estimate of drug-likeness (QED) is 0.908. The summed E-state index contributed by atoms with van der Waals surface area (Å²) in [7, 11) is 0. The average molecular weight is 358 g/mol. The number of imidazole rings is 1. The van der Waals surface area contributed by atoms with Crippen LogP contribution in [0.25, 0.3) is 0 Å². The Bertz CT molecular complexity index is 785. The van der Waals surface area contributed by atoms with Crippen LogP contribution in [-0.4, -0.2) is 55.5 Å². The fraction of sp³-hybridized carbons (Fsp3) is 0.500. The van der Waals surface area contributed by atoms with Crippen molar-refractivity contribution in [2.24, 2.45) is 0 Å². The van der Waals surface area contributed by atoms with Crippen molar-refractivity contribution in [2.75, 3.05) is 18.8 Å². The second-order valence-corrected chi connectivity index (χ2v) is 8.43. The Kier molecular flexibility index (Phi) is 4.29. The van der Waals surface area contributed by atoms with Crippen molar-refractivity contribution in [3.8, 4) is 0 Å². The van der Waals surface area contributed by atoms with Gasteiger partial charge in [-0.1, -0.05) is 6.07 Å². The van der Waals surface area contributed by atoms with E-state index < -0.39 is 0 Å². The molecule has 1 atom stereocenters. The molecule has 0 aromatic carbocycles. The van der Waals surface area contributed by atoms with E-state index in [1.807, 2.05) is 48.7 Å². The number of pyridine rings is 1. The number of aryl methyl sites for hydroxylation is 2. The van der Waals surface area contributed by atoms with Crippen molar-refractivity contribution in [1.82, 2.24) is 19.9 Å². The standard InChI is InChI=1S/C18H22N4O2S/c1-12-4-3-5-14(21-12)7-24-15-6-18(25-8-15)9-22(10-18)17(23)16-13(2)19-11-20-16/h3-5,11,15H,6-10H2,1-2H3,(H,19,20). The summed E-state index contributed by atoms with van der Waals surface area (Å²) in [6.45, 7) is 5.99. The molecule has 1 unspecified atom stereocenters. The van der Waals surface area contributed by atoms with Gasteiger partial charge < -0.3 is 14.6 Å². The first-order valence-corrected chi connectivity index (χ1v) is 9.51. The Labute approximate surface area is 151 Å². The molecule has 0 radical (unpaired) electrons. The van der Waals surface area contributed by atoms with Crippen molar-refractivity contribution >= 4 is 17.7 Å². The maximum Gasteiger partial charge on any atom is 0.274 e. The smallest absolute Gasteiger partial charge is 0.274 e. The van der Waals surface area contributed by atoms with E-state index in [1.54, 1.807) is 6.33 Å². The van der Waals surface area contributed by atoms with Crippen LogP contribution in [0, 0.1) is 13.8 Å². The van der Waals surface area contributed by atoms with Gasteiger partial charge in [-0.3, -0.25) is 9.78 Å².